The van der Waals surface area contributed by atoms with E-state index in [0.29, 0.717) is 33.9 Å². The molecule has 40 heavy (non-hydrogen) atoms. The highest BCUT2D eigenvalue weighted by Crippen LogP contribution is 2.56. The van der Waals surface area contributed by atoms with Gasteiger partial charge in [-0.05, 0) is 48.4 Å². The quantitative estimate of drug-likeness (QED) is 0.244. The number of amides is 2. The predicted molar refractivity (Wildman–Crippen MR) is 147 cm³/mol. The van der Waals surface area contributed by atoms with Crippen LogP contribution in [0.4, 0.5) is 5.69 Å². The highest BCUT2D eigenvalue weighted by Gasteiger charge is 2.70. The monoisotopic (exact) mass is 534 g/mol. The zero-order valence-corrected chi connectivity index (χ0v) is 22.1. The number of nitrogens with one attached hydrogen (secondary N) is 1. The molecule has 200 valence electrons. The number of carbonyl (C=O) groups excluding carboxylic acids is 3. The van der Waals surface area contributed by atoms with E-state index in [4.69, 9.17) is 9.72 Å². The summed E-state index contributed by atoms with van der Waals surface area (Å²) in [5.41, 5.74) is 0.937. The van der Waals surface area contributed by atoms with Crippen LogP contribution in [0.15, 0.2) is 77.6 Å². The normalized spacial score (nSPS) is 24.6. The lowest BCUT2D eigenvalue weighted by atomic mass is 9.75. The van der Waals surface area contributed by atoms with Gasteiger partial charge in [0.15, 0.2) is 0 Å². The van der Waals surface area contributed by atoms with Crippen LogP contribution in [0.5, 0.6) is 5.75 Å². The second-order valence-electron chi connectivity index (χ2n) is 10.9. The minimum Gasteiger partial charge on any atom is -0.427 e. The maximum Gasteiger partial charge on any atom is 0.308 e. The van der Waals surface area contributed by atoms with Crippen molar-refractivity contribution in [1.82, 2.24) is 14.9 Å². The van der Waals surface area contributed by atoms with E-state index in [1.165, 1.54) is 11.8 Å². The smallest absolute Gasteiger partial charge is 0.308 e. The topological polar surface area (TPSA) is 111 Å². The van der Waals surface area contributed by atoms with Gasteiger partial charge in [0.05, 0.1) is 34.1 Å². The Morgan fingerprint density at radius 3 is 2.38 bits per heavy atom. The van der Waals surface area contributed by atoms with Gasteiger partial charge in [-0.25, -0.2) is 9.88 Å². The fourth-order valence-corrected chi connectivity index (χ4v) is 6.81. The van der Waals surface area contributed by atoms with E-state index >= 15 is 0 Å². The molecule has 7 rings (SSSR count). The molecule has 0 radical (unpaired) electrons. The number of ether oxygens (including phenoxy) is 1. The largest absolute Gasteiger partial charge is 0.427 e. The summed E-state index contributed by atoms with van der Waals surface area (Å²) in [4.78, 5) is 60.0. The standard InChI is InChI=1S/C31H26N4O5/c1-16(2)26-24-25(29(39)34(28(24)38)18-12-14-19(15-13-18)40-17(3)36)31(33-26)21-9-5-7-11-23(21)35-27(37)20-8-4-6-10-22(20)32-30(31)35/h4-16,24-26,33H,1-3H3/t24-,25-,26?,31?/m1/s1. The van der Waals surface area contributed by atoms with E-state index < -0.39 is 23.3 Å². The third kappa shape index (κ3) is 3.09. The lowest BCUT2D eigenvalue weighted by Crippen LogP contribution is -2.51. The van der Waals surface area contributed by atoms with Gasteiger partial charge in [-0.15, -0.1) is 0 Å². The molecule has 1 spiro atoms. The molecular formula is C31H26N4O5. The van der Waals surface area contributed by atoms with Crippen LogP contribution in [-0.2, 0) is 19.9 Å². The Hall–Kier alpha value is -4.63. The summed E-state index contributed by atoms with van der Waals surface area (Å²) in [6.45, 7) is 5.34. The summed E-state index contributed by atoms with van der Waals surface area (Å²) in [5.74, 6) is -1.90. The van der Waals surface area contributed by atoms with Gasteiger partial charge in [-0.3, -0.25) is 29.1 Å². The summed E-state index contributed by atoms with van der Waals surface area (Å²) >= 11 is 0. The minimum absolute atomic E-state index is 0.00306. The zero-order valence-electron chi connectivity index (χ0n) is 22.1. The van der Waals surface area contributed by atoms with Gasteiger partial charge in [0.2, 0.25) is 11.8 Å². The Balaban J connectivity index is 1.45. The maximum absolute atomic E-state index is 14.4. The number of hydrogen-bond acceptors (Lipinski definition) is 7. The van der Waals surface area contributed by atoms with Crippen molar-refractivity contribution in [3.8, 4) is 11.4 Å². The number of nitrogens with zero attached hydrogens (tertiary/aromatic N) is 3. The third-order valence-corrected chi connectivity index (χ3v) is 8.37. The van der Waals surface area contributed by atoms with Crippen LogP contribution in [0.25, 0.3) is 16.6 Å². The molecule has 2 amide bonds. The summed E-state index contributed by atoms with van der Waals surface area (Å²) in [6, 6.07) is 20.7. The molecule has 2 unspecified atom stereocenters. The molecule has 4 heterocycles. The second kappa shape index (κ2) is 8.43. The second-order valence-corrected chi connectivity index (χ2v) is 10.9. The Morgan fingerprint density at radius 2 is 1.65 bits per heavy atom. The SMILES string of the molecule is CC(=O)Oc1ccc(N2C(=O)[C@H]3C(C(C)C)NC4(c5ccccc5-n5c4nc4ccccc4c5=O)[C@H]3C2=O)cc1. The number of benzene rings is 3. The first-order valence-corrected chi connectivity index (χ1v) is 13.3. The van der Waals surface area contributed by atoms with Crippen LogP contribution in [0.3, 0.4) is 0 Å². The summed E-state index contributed by atoms with van der Waals surface area (Å²) in [5, 5.41) is 4.17. The summed E-state index contributed by atoms with van der Waals surface area (Å²) in [6.07, 6.45) is 0. The molecule has 3 aliphatic heterocycles. The Kier molecular flexibility index (Phi) is 5.15. The average molecular weight is 535 g/mol. The first-order valence-electron chi connectivity index (χ1n) is 13.3. The number of hydrogen-bond donors (Lipinski definition) is 1. The van der Waals surface area contributed by atoms with Crippen molar-refractivity contribution in [3.63, 3.8) is 0 Å². The maximum atomic E-state index is 14.4. The molecule has 3 aromatic carbocycles. The van der Waals surface area contributed by atoms with Crippen LogP contribution in [-0.4, -0.2) is 33.4 Å². The number of esters is 1. The highest BCUT2D eigenvalue weighted by atomic mass is 16.5. The fraction of sp³-hybridized carbons (Fsp3) is 0.258. The third-order valence-electron chi connectivity index (χ3n) is 8.37. The number of para-hydroxylation sites is 2. The lowest BCUT2D eigenvalue weighted by molar-refractivity contribution is -0.132. The predicted octanol–water partition coefficient (Wildman–Crippen LogP) is 3.30. The van der Waals surface area contributed by atoms with Crippen molar-refractivity contribution in [2.45, 2.75) is 32.4 Å². The van der Waals surface area contributed by atoms with Crippen molar-refractivity contribution in [1.29, 1.82) is 0 Å². The molecular weight excluding hydrogens is 508 g/mol. The minimum atomic E-state index is -1.18. The van der Waals surface area contributed by atoms with Gasteiger partial charge < -0.3 is 4.74 Å². The van der Waals surface area contributed by atoms with Gasteiger partial charge in [0.1, 0.15) is 17.1 Å². The number of fused-ring (bicyclic) bond motifs is 8. The van der Waals surface area contributed by atoms with Crippen LogP contribution in [0.1, 0.15) is 32.2 Å². The number of imide groups is 1. The summed E-state index contributed by atoms with van der Waals surface area (Å²) < 4.78 is 6.73. The van der Waals surface area contributed by atoms with Gasteiger partial charge >= 0.3 is 5.97 Å². The highest BCUT2D eigenvalue weighted by molar-refractivity contribution is 6.23. The van der Waals surface area contributed by atoms with Crippen molar-refractivity contribution in [2.24, 2.45) is 17.8 Å². The number of aromatic nitrogens is 2. The molecule has 4 atom stereocenters. The molecule has 1 aromatic heterocycles. The van der Waals surface area contributed by atoms with Crippen LogP contribution >= 0.6 is 0 Å². The fourth-order valence-electron chi connectivity index (χ4n) is 6.81. The number of rotatable bonds is 3. The molecule has 0 bridgehead atoms. The molecule has 0 saturated carbocycles. The molecule has 4 aromatic rings. The lowest BCUT2D eigenvalue weighted by Gasteiger charge is -2.32. The van der Waals surface area contributed by atoms with Gasteiger partial charge in [0.25, 0.3) is 5.56 Å². The van der Waals surface area contributed by atoms with E-state index in [1.807, 2.05) is 44.2 Å². The molecule has 2 fully saturated rings. The van der Waals surface area contributed by atoms with E-state index in [0.717, 1.165) is 5.56 Å². The summed E-state index contributed by atoms with van der Waals surface area (Å²) in [7, 11) is 0. The molecule has 9 heteroatoms. The molecule has 9 nitrogen and oxygen atoms in total. The van der Waals surface area contributed by atoms with Crippen molar-refractivity contribution in [2.75, 3.05) is 4.90 Å². The Morgan fingerprint density at radius 1 is 0.950 bits per heavy atom. The van der Waals surface area contributed by atoms with Crippen LogP contribution in [0, 0.1) is 17.8 Å². The first kappa shape index (κ1) is 24.4. The van der Waals surface area contributed by atoms with Crippen LogP contribution in [0.2, 0.25) is 0 Å². The number of anilines is 1. The molecule has 3 aliphatic rings. The van der Waals surface area contributed by atoms with Crippen molar-refractivity contribution in [3.05, 3.63) is 94.5 Å². The van der Waals surface area contributed by atoms with Crippen LogP contribution < -0.4 is 20.5 Å². The van der Waals surface area contributed by atoms with Crippen molar-refractivity contribution >= 4 is 34.4 Å². The van der Waals surface area contributed by atoms with Gasteiger partial charge in [0, 0.05) is 18.5 Å². The van der Waals surface area contributed by atoms with E-state index in [1.54, 1.807) is 47.0 Å². The molecule has 0 aliphatic carbocycles. The zero-order chi connectivity index (χ0) is 27.9. The van der Waals surface area contributed by atoms with Gasteiger partial charge in [-0.2, -0.15) is 0 Å². The first-order chi connectivity index (χ1) is 19.2. The average Bonchev–Trinajstić information content (AvgIpc) is 3.53. The number of carbonyl (C=O) groups is 3. The van der Waals surface area contributed by atoms with E-state index in [2.05, 4.69) is 5.32 Å². The molecule has 1 N–H and O–H groups in total. The van der Waals surface area contributed by atoms with E-state index in [-0.39, 0.29) is 29.3 Å². The van der Waals surface area contributed by atoms with E-state index in [9.17, 15) is 19.2 Å². The Labute approximate surface area is 229 Å². The molecule has 2 saturated heterocycles. The Bertz CT molecular complexity index is 1810. The van der Waals surface area contributed by atoms with Crippen molar-refractivity contribution < 1.29 is 19.1 Å². The van der Waals surface area contributed by atoms with Gasteiger partial charge in [-0.1, -0.05) is 44.2 Å².